The normalized spacial score (nSPS) is 17.7. The SMILES string of the molecule is CN1CCCC(CNC(=S)Nc2ccc(Oc3ccccc3)cc2)C1. The zero-order chi connectivity index (χ0) is 17.5. The first-order valence-corrected chi connectivity index (χ1v) is 9.16. The molecule has 0 amide bonds. The van der Waals surface area contributed by atoms with Gasteiger partial charge in [-0.25, -0.2) is 0 Å². The summed E-state index contributed by atoms with van der Waals surface area (Å²) in [6.07, 6.45) is 2.54. The Balaban J connectivity index is 1.45. The van der Waals surface area contributed by atoms with E-state index in [0.717, 1.165) is 30.3 Å². The van der Waals surface area contributed by atoms with Gasteiger partial charge in [-0.15, -0.1) is 0 Å². The van der Waals surface area contributed by atoms with Gasteiger partial charge < -0.3 is 20.3 Å². The van der Waals surface area contributed by atoms with Crippen LogP contribution >= 0.6 is 12.2 Å². The lowest BCUT2D eigenvalue weighted by Crippen LogP contribution is -2.40. The lowest BCUT2D eigenvalue weighted by Gasteiger charge is -2.30. The van der Waals surface area contributed by atoms with Gasteiger partial charge in [0, 0.05) is 18.8 Å². The Morgan fingerprint density at radius 1 is 1.12 bits per heavy atom. The number of hydrogen-bond acceptors (Lipinski definition) is 3. The third kappa shape index (κ3) is 5.73. The van der Waals surface area contributed by atoms with Gasteiger partial charge in [-0.1, -0.05) is 18.2 Å². The molecule has 2 aromatic rings. The zero-order valence-electron chi connectivity index (χ0n) is 14.6. The van der Waals surface area contributed by atoms with E-state index in [1.807, 2.05) is 54.6 Å². The molecule has 1 heterocycles. The van der Waals surface area contributed by atoms with Crippen LogP contribution in [0.2, 0.25) is 0 Å². The van der Waals surface area contributed by atoms with Crippen LogP contribution in [0, 0.1) is 5.92 Å². The lowest BCUT2D eigenvalue weighted by atomic mass is 9.99. The molecule has 25 heavy (non-hydrogen) atoms. The van der Waals surface area contributed by atoms with Crippen molar-refractivity contribution in [2.45, 2.75) is 12.8 Å². The average Bonchev–Trinajstić information content (AvgIpc) is 2.63. The maximum atomic E-state index is 5.79. The van der Waals surface area contributed by atoms with Gasteiger partial charge in [-0.05, 0) is 81.0 Å². The molecule has 4 nitrogen and oxygen atoms in total. The maximum absolute atomic E-state index is 5.79. The largest absolute Gasteiger partial charge is 0.457 e. The van der Waals surface area contributed by atoms with Crippen molar-refractivity contribution in [1.82, 2.24) is 10.2 Å². The number of nitrogens with one attached hydrogen (secondary N) is 2. The summed E-state index contributed by atoms with van der Waals surface area (Å²) in [5.41, 5.74) is 0.957. The van der Waals surface area contributed by atoms with Gasteiger partial charge in [0.1, 0.15) is 11.5 Å². The van der Waals surface area contributed by atoms with E-state index >= 15 is 0 Å². The van der Waals surface area contributed by atoms with Gasteiger partial charge in [0.05, 0.1) is 0 Å². The van der Waals surface area contributed by atoms with Crippen LogP contribution in [-0.4, -0.2) is 36.7 Å². The molecule has 1 aliphatic heterocycles. The average molecular weight is 356 g/mol. The smallest absolute Gasteiger partial charge is 0.170 e. The lowest BCUT2D eigenvalue weighted by molar-refractivity contribution is 0.211. The molecule has 0 aromatic heterocycles. The van der Waals surface area contributed by atoms with Crippen molar-refractivity contribution in [1.29, 1.82) is 0 Å². The van der Waals surface area contributed by atoms with Gasteiger partial charge in [0.25, 0.3) is 0 Å². The number of benzene rings is 2. The van der Waals surface area contributed by atoms with Crippen LogP contribution < -0.4 is 15.4 Å². The molecule has 1 atom stereocenters. The number of thiocarbonyl (C=S) groups is 1. The minimum atomic E-state index is 0.667. The van der Waals surface area contributed by atoms with E-state index in [9.17, 15) is 0 Å². The van der Waals surface area contributed by atoms with Crippen LogP contribution in [0.5, 0.6) is 11.5 Å². The molecule has 5 heteroatoms. The highest BCUT2D eigenvalue weighted by Crippen LogP contribution is 2.22. The molecule has 1 saturated heterocycles. The van der Waals surface area contributed by atoms with E-state index in [1.165, 1.54) is 19.4 Å². The first-order chi connectivity index (χ1) is 12.2. The first-order valence-electron chi connectivity index (χ1n) is 8.75. The number of nitrogens with zero attached hydrogens (tertiary/aromatic N) is 1. The Bertz CT molecular complexity index is 675. The van der Waals surface area contributed by atoms with E-state index in [-0.39, 0.29) is 0 Å². The molecule has 1 fully saturated rings. The van der Waals surface area contributed by atoms with E-state index in [2.05, 4.69) is 22.6 Å². The molecule has 2 aromatic carbocycles. The second kappa shape index (κ2) is 8.83. The van der Waals surface area contributed by atoms with Gasteiger partial charge >= 0.3 is 0 Å². The predicted molar refractivity (Wildman–Crippen MR) is 107 cm³/mol. The van der Waals surface area contributed by atoms with Crippen LogP contribution in [0.15, 0.2) is 54.6 Å². The highest BCUT2D eigenvalue weighted by atomic mass is 32.1. The van der Waals surface area contributed by atoms with Crippen molar-refractivity contribution in [3.63, 3.8) is 0 Å². The number of likely N-dealkylation sites (tertiary alicyclic amines) is 1. The second-order valence-corrected chi connectivity index (χ2v) is 6.95. The van der Waals surface area contributed by atoms with Crippen molar-refractivity contribution >= 4 is 23.0 Å². The highest BCUT2D eigenvalue weighted by molar-refractivity contribution is 7.80. The summed E-state index contributed by atoms with van der Waals surface area (Å²) in [4.78, 5) is 2.39. The molecule has 2 N–H and O–H groups in total. The molecule has 1 unspecified atom stereocenters. The molecule has 0 bridgehead atoms. The summed E-state index contributed by atoms with van der Waals surface area (Å²) in [5, 5.41) is 7.24. The Morgan fingerprint density at radius 2 is 1.84 bits per heavy atom. The fourth-order valence-electron chi connectivity index (χ4n) is 3.08. The Labute approximate surface area is 155 Å². The fraction of sp³-hybridized carbons (Fsp3) is 0.350. The van der Waals surface area contributed by atoms with Crippen molar-refractivity contribution in [3.8, 4) is 11.5 Å². The monoisotopic (exact) mass is 355 g/mol. The maximum Gasteiger partial charge on any atom is 0.170 e. The number of para-hydroxylation sites is 1. The van der Waals surface area contributed by atoms with Gasteiger partial charge in [-0.2, -0.15) is 0 Å². The van der Waals surface area contributed by atoms with E-state index < -0.39 is 0 Å². The number of hydrogen-bond donors (Lipinski definition) is 2. The highest BCUT2D eigenvalue weighted by Gasteiger charge is 2.16. The summed E-state index contributed by atoms with van der Waals surface area (Å²) in [5.74, 6) is 2.30. The quantitative estimate of drug-likeness (QED) is 0.790. The van der Waals surface area contributed by atoms with Crippen molar-refractivity contribution in [2.24, 2.45) is 5.92 Å². The molecule has 0 radical (unpaired) electrons. The third-order valence-corrected chi connectivity index (χ3v) is 4.61. The second-order valence-electron chi connectivity index (χ2n) is 6.55. The molecule has 0 spiro atoms. The standard InChI is InChI=1S/C20H25N3OS/c1-23-13-5-6-16(15-23)14-21-20(25)22-17-9-11-19(12-10-17)24-18-7-3-2-4-8-18/h2-4,7-12,16H,5-6,13-15H2,1H3,(H2,21,22,25). The van der Waals surface area contributed by atoms with Crippen LogP contribution in [0.4, 0.5) is 5.69 Å². The van der Waals surface area contributed by atoms with Crippen LogP contribution in [0.3, 0.4) is 0 Å². The number of rotatable bonds is 5. The molecule has 0 saturated carbocycles. The van der Waals surface area contributed by atoms with E-state index in [4.69, 9.17) is 17.0 Å². The van der Waals surface area contributed by atoms with Crippen molar-refractivity contribution < 1.29 is 4.74 Å². The predicted octanol–water partition coefficient (Wildman–Crippen LogP) is 4.11. The molecule has 0 aliphatic carbocycles. The zero-order valence-corrected chi connectivity index (χ0v) is 15.4. The van der Waals surface area contributed by atoms with Crippen LogP contribution in [-0.2, 0) is 0 Å². The van der Waals surface area contributed by atoms with Gasteiger partial charge in [-0.3, -0.25) is 0 Å². The summed E-state index contributed by atoms with van der Waals surface area (Å²) >= 11 is 5.40. The number of ether oxygens (including phenoxy) is 1. The van der Waals surface area contributed by atoms with Gasteiger partial charge in [0.2, 0.25) is 0 Å². The summed E-state index contributed by atoms with van der Waals surface area (Å²) in [6.45, 7) is 3.27. The molecule has 132 valence electrons. The number of piperidine rings is 1. The fourth-order valence-corrected chi connectivity index (χ4v) is 3.28. The van der Waals surface area contributed by atoms with E-state index in [1.54, 1.807) is 0 Å². The van der Waals surface area contributed by atoms with Crippen LogP contribution in [0.1, 0.15) is 12.8 Å². The molecular weight excluding hydrogens is 330 g/mol. The third-order valence-electron chi connectivity index (χ3n) is 4.36. The topological polar surface area (TPSA) is 36.5 Å². The summed E-state index contributed by atoms with van der Waals surface area (Å²) < 4.78 is 5.79. The Morgan fingerprint density at radius 3 is 2.56 bits per heavy atom. The van der Waals surface area contributed by atoms with Crippen molar-refractivity contribution in [2.75, 3.05) is 32.0 Å². The van der Waals surface area contributed by atoms with Gasteiger partial charge in [0.15, 0.2) is 5.11 Å². The molecule has 1 aliphatic rings. The summed E-state index contributed by atoms with van der Waals surface area (Å²) in [7, 11) is 2.18. The van der Waals surface area contributed by atoms with Crippen LogP contribution in [0.25, 0.3) is 0 Å². The van der Waals surface area contributed by atoms with E-state index in [0.29, 0.717) is 11.0 Å². The first kappa shape index (κ1) is 17.7. The minimum absolute atomic E-state index is 0.667. The molecule has 3 rings (SSSR count). The molecular formula is C20H25N3OS. The number of anilines is 1. The van der Waals surface area contributed by atoms with Crippen molar-refractivity contribution in [3.05, 3.63) is 54.6 Å². The Kier molecular flexibility index (Phi) is 6.25. The minimum Gasteiger partial charge on any atom is -0.457 e. The Hall–Kier alpha value is -2.11. The summed E-state index contributed by atoms with van der Waals surface area (Å²) in [6, 6.07) is 17.6.